The lowest BCUT2D eigenvalue weighted by atomic mass is 9.85. The Hall–Kier alpha value is -3.76. The number of amides is 4. The molecule has 14 heteroatoms. The quantitative estimate of drug-likeness (QED) is 0.451. The first-order chi connectivity index (χ1) is 18.4. The molecule has 1 aromatic heterocycles. The largest absolute Gasteiger partial charge is 0.471 e. The standard InChI is InChI=1S/C26H30F4N6O4/c1-24(2,3)18(34-23(40)26(28,29)30)22(39)36-10-15-16(25(15,4)5)17(36)21(38)33-12(8-31)7-14-13-6-11(27)9-32-19(13)35-20(14)37/h6,9,12,14-18H,7,10H2,1-5H3,(H,33,38)(H,34,40)(H,32,35,37)/t12-,14?,15-,16-,17-,18?/m0/s1. The first kappa shape index (κ1) is 29.2. The van der Waals surface area contributed by atoms with E-state index in [4.69, 9.17) is 0 Å². The van der Waals surface area contributed by atoms with Gasteiger partial charge in [-0.3, -0.25) is 19.2 Å². The Morgan fingerprint density at radius 2 is 1.90 bits per heavy atom. The van der Waals surface area contributed by atoms with Crippen LogP contribution in [0, 0.1) is 39.8 Å². The topological polar surface area (TPSA) is 144 Å². The van der Waals surface area contributed by atoms with Gasteiger partial charge in [0, 0.05) is 12.1 Å². The Morgan fingerprint density at radius 1 is 1.25 bits per heavy atom. The van der Waals surface area contributed by atoms with Crippen molar-refractivity contribution >= 4 is 29.4 Å². The normalized spacial score (nSPS) is 26.1. The van der Waals surface area contributed by atoms with Crippen LogP contribution in [0.1, 0.15) is 52.5 Å². The average Bonchev–Trinajstić information content (AvgIpc) is 3.14. The Balaban J connectivity index is 1.55. The minimum atomic E-state index is -5.21. The summed E-state index contributed by atoms with van der Waals surface area (Å²) in [5, 5.41) is 16.6. The van der Waals surface area contributed by atoms with Gasteiger partial charge in [-0.15, -0.1) is 0 Å². The molecule has 1 aliphatic carbocycles. The van der Waals surface area contributed by atoms with Crippen LogP contribution in [0.2, 0.25) is 0 Å². The molecule has 2 unspecified atom stereocenters. The van der Waals surface area contributed by atoms with Crippen molar-refractivity contribution in [2.45, 2.75) is 71.3 Å². The molecule has 3 heterocycles. The van der Waals surface area contributed by atoms with Crippen molar-refractivity contribution in [3.63, 3.8) is 0 Å². The number of carbonyl (C=O) groups excluding carboxylic acids is 4. The number of rotatable bonds is 6. The number of pyridine rings is 1. The number of hydrogen-bond acceptors (Lipinski definition) is 6. The molecule has 4 amide bonds. The Kier molecular flexibility index (Phi) is 7.09. The molecule has 2 aliphatic heterocycles. The highest BCUT2D eigenvalue weighted by Gasteiger charge is 2.70. The molecule has 2 fully saturated rings. The van der Waals surface area contributed by atoms with Crippen molar-refractivity contribution in [3.8, 4) is 6.07 Å². The van der Waals surface area contributed by atoms with Crippen LogP contribution in [0.4, 0.5) is 23.4 Å². The molecule has 1 aromatic rings. The molecule has 0 aromatic carbocycles. The second-order valence-electron chi connectivity index (χ2n) is 12.2. The van der Waals surface area contributed by atoms with Gasteiger partial charge < -0.3 is 20.9 Å². The van der Waals surface area contributed by atoms with Crippen molar-refractivity contribution in [2.75, 3.05) is 11.9 Å². The zero-order valence-corrected chi connectivity index (χ0v) is 22.5. The molecule has 3 aliphatic rings. The zero-order chi connectivity index (χ0) is 29.9. The maximum atomic E-state index is 13.8. The molecule has 0 bridgehead atoms. The molecule has 10 nitrogen and oxygen atoms in total. The van der Waals surface area contributed by atoms with Crippen LogP contribution < -0.4 is 16.0 Å². The van der Waals surface area contributed by atoms with Crippen molar-refractivity contribution in [1.82, 2.24) is 20.5 Å². The lowest BCUT2D eigenvalue weighted by Gasteiger charge is -2.37. The molecule has 1 saturated heterocycles. The van der Waals surface area contributed by atoms with Crippen molar-refractivity contribution in [1.29, 1.82) is 5.26 Å². The van der Waals surface area contributed by atoms with Gasteiger partial charge in [-0.25, -0.2) is 9.37 Å². The van der Waals surface area contributed by atoms with Gasteiger partial charge in [-0.05, 0) is 35.2 Å². The first-order valence-electron chi connectivity index (χ1n) is 12.7. The number of piperidine rings is 1. The number of nitrogens with one attached hydrogen (secondary N) is 3. The number of anilines is 1. The van der Waals surface area contributed by atoms with Crippen LogP contribution in [0.15, 0.2) is 12.3 Å². The van der Waals surface area contributed by atoms with E-state index in [1.165, 1.54) is 25.7 Å². The lowest BCUT2D eigenvalue weighted by Crippen LogP contribution is -2.61. The van der Waals surface area contributed by atoms with Crippen molar-refractivity contribution in [2.24, 2.45) is 22.7 Å². The predicted molar refractivity (Wildman–Crippen MR) is 131 cm³/mol. The Bertz CT molecular complexity index is 1300. The molecule has 216 valence electrons. The summed E-state index contributed by atoms with van der Waals surface area (Å²) in [6.07, 6.45) is -4.47. The van der Waals surface area contributed by atoms with Crippen molar-refractivity contribution in [3.05, 3.63) is 23.6 Å². The highest BCUT2D eigenvalue weighted by atomic mass is 19.4. The number of aromatic nitrogens is 1. The fourth-order valence-electron chi connectivity index (χ4n) is 5.88. The molecule has 0 radical (unpaired) electrons. The number of alkyl halides is 3. The number of halogens is 4. The van der Waals surface area contributed by atoms with Gasteiger partial charge in [0.05, 0.1) is 18.2 Å². The second kappa shape index (κ2) is 9.71. The first-order valence-corrected chi connectivity index (χ1v) is 12.7. The summed E-state index contributed by atoms with van der Waals surface area (Å²) in [5.74, 6) is -6.26. The third-order valence-electron chi connectivity index (χ3n) is 8.17. The van der Waals surface area contributed by atoms with Gasteiger partial charge in [0.2, 0.25) is 17.7 Å². The number of nitrogens with zero attached hydrogens (tertiary/aromatic N) is 3. The minimum absolute atomic E-state index is 0.0869. The fourth-order valence-corrected chi connectivity index (χ4v) is 5.88. The molecule has 40 heavy (non-hydrogen) atoms. The summed E-state index contributed by atoms with van der Waals surface area (Å²) in [6.45, 7) is 8.38. The summed E-state index contributed by atoms with van der Waals surface area (Å²) in [5.41, 5.74) is -1.22. The Labute approximate surface area is 227 Å². The van der Waals surface area contributed by atoms with Gasteiger partial charge in [0.15, 0.2) is 0 Å². The summed E-state index contributed by atoms with van der Waals surface area (Å²) in [6, 6.07) is -0.856. The third kappa shape index (κ3) is 5.21. The van der Waals surface area contributed by atoms with Crippen LogP contribution >= 0.6 is 0 Å². The van der Waals surface area contributed by atoms with Gasteiger partial charge in [0.1, 0.15) is 29.8 Å². The molecule has 6 atom stereocenters. The average molecular weight is 567 g/mol. The number of nitriles is 1. The minimum Gasteiger partial charge on any atom is -0.339 e. The van der Waals surface area contributed by atoms with Crippen LogP contribution in [0.3, 0.4) is 0 Å². The van der Waals surface area contributed by atoms with E-state index in [2.05, 4.69) is 15.6 Å². The van der Waals surface area contributed by atoms with E-state index >= 15 is 0 Å². The van der Waals surface area contributed by atoms with Crippen LogP contribution in [-0.2, 0) is 19.2 Å². The smallest absolute Gasteiger partial charge is 0.339 e. The number of hydrogen-bond donors (Lipinski definition) is 3. The van der Waals surface area contributed by atoms with Crippen LogP contribution in [-0.4, -0.2) is 64.4 Å². The van der Waals surface area contributed by atoms with E-state index in [1.807, 2.05) is 19.9 Å². The predicted octanol–water partition coefficient (Wildman–Crippen LogP) is 2.23. The highest BCUT2D eigenvalue weighted by molar-refractivity contribution is 6.02. The van der Waals surface area contributed by atoms with Crippen LogP contribution in [0.25, 0.3) is 0 Å². The third-order valence-corrected chi connectivity index (χ3v) is 8.17. The summed E-state index contributed by atoms with van der Waals surface area (Å²) in [4.78, 5) is 56.4. The molecule has 0 spiro atoms. The lowest BCUT2D eigenvalue weighted by molar-refractivity contribution is -0.176. The number of fused-ring (bicyclic) bond motifs is 2. The molecular weight excluding hydrogens is 536 g/mol. The molecular formula is C26H30F4N6O4. The maximum Gasteiger partial charge on any atom is 0.471 e. The zero-order valence-electron chi connectivity index (χ0n) is 22.5. The van der Waals surface area contributed by atoms with E-state index in [0.717, 1.165) is 12.3 Å². The summed E-state index contributed by atoms with van der Waals surface area (Å²) < 4.78 is 52.8. The van der Waals surface area contributed by atoms with Crippen molar-refractivity contribution < 1.29 is 36.7 Å². The molecule has 3 N–H and O–H groups in total. The van der Waals surface area contributed by atoms with Gasteiger partial charge >= 0.3 is 12.1 Å². The van der Waals surface area contributed by atoms with E-state index in [9.17, 15) is 42.0 Å². The Morgan fingerprint density at radius 3 is 2.48 bits per heavy atom. The SMILES string of the molecule is CC(C)(C)C(NC(=O)C(F)(F)F)C(=O)N1C[C@H]2[C@@H]([C@H]1C(=O)N[C@H](C#N)CC1C(=O)Nc3ncc(F)cc31)C2(C)C. The van der Waals surface area contributed by atoms with Gasteiger partial charge in [-0.2, -0.15) is 18.4 Å². The van der Waals surface area contributed by atoms with E-state index < -0.39 is 65.1 Å². The highest BCUT2D eigenvalue weighted by Crippen LogP contribution is 2.65. The fraction of sp³-hybridized carbons (Fsp3) is 0.615. The van der Waals surface area contributed by atoms with Gasteiger partial charge in [0.25, 0.3) is 0 Å². The molecule has 4 rings (SSSR count). The number of likely N-dealkylation sites (tertiary alicyclic amines) is 1. The summed E-state index contributed by atoms with van der Waals surface area (Å²) in [7, 11) is 0. The maximum absolute atomic E-state index is 13.8. The van der Waals surface area contributed by atoms with Crippen LogP contribution in [0.5, 0.6) is 0 Å². The molecule has 1 saturated carbocycles. The van der Waals surface area contributed by atoms with E-state index in [1.54, 1.807) is 5.32 Å². The van der Waals surface area contributed by atoms with E-state index in [-0.39, 0.29) is 41.6 Å². The van der Waals surface area contributed by atoms with Gasteiger partial charge in [-0.1, -0.05) is 34.6 Å². The monoisotopic (exact) mass is 566 g/mol. The van der Waals surface area contributed by atoms with E-state index in [0.29, 0.717) is 0 Å². The number of carbonyl (C=O) groups is 4. The second-order valence-corrected chi connectivity index (χ2v) is 12.2. The summed E-state index contributed by atoms with van der Waals surface area (Å²) >= 11 is 0.